The van der Waals surface area contributed by atoms with E-state index in [1.165, 1.54) is 5.01 Å². The van der Waals surface area contributed by atoms with Crippen LogP contribution in [-0.2, 0) is 9.53 Å². The zero-order valence-electron chi connectivity index (χ0n) is 12.3. The van der Waals surface area contributed by atoms with Crippen molar-refractivity contribution in [2.24, 2.45) is 5.84 Å². The number of aromatic nitrogens is 2. The van der Waals surface area contributed by atoms with Crippen LogP contribution in [0.3, 0.4) is 0 Å². The SMILES string of the molecule is C=C/C(=C(/C(=O)OCC)N(C)N)c1nc(C)ncc1C. The van der Waals surface area contributed by atoms with Crippen LogP contribution in [0.4, 0.5) is 0 Å². The van der Waals surface area contributed by atoms with Gasteiger partial charge in [-0.25, -0.2) is 20.6 Å². The number of carbonyl (C=O) groups is 1. The molecule has 0 amide bonds. The van der Waals surface area contributed by atoms with E-state index in [4.69, 9.17) is 10.6 Å². The first-order valence-corrected chi connectivity index (χ1v) is 6.25. The lowest BCUT2D eigenvalue weighted by atomic mass is 10.1. The number of rotatable bonds is 5. The quantitative estimate of drug-likeness (QED) is 0.287. The van der Waals surface area contributed by atoms with Gasteiger partial charge in [0.15, 0.2) is 0 Å². The molecule has 0 aliphatic rings. The molecule has 1 aromatic rings. The second-order valence-electron chi connectivity index (χ2n) is 4.25. The Morgan fingerprint density at radius 2 is 2.20 bits per heavy atom. The summed E-state index contributed by atoms with van der Waals surface area (Å²) in [6.45, 7) is 9.38. The van der Waals surface area contributed by atoms with Crippen molar-refractivity contribution in [3.05, 3.63) is 41.6 Å². The monoisotopic (exact) mass is 276 g/mol. The summed E-state index contributed by atoms with van der Waals surface area (Å²) in [5.41, 5.74) is 2.18. The molecular weight excluding hydrogens is 256 g/mol. The lowest BCUT2D eigenvalue weighted by Gasteiger charge is -2.19. The van der Waals surface area contributed by atoms with E-state index in [9.17, 15) is 4.79 Å². The number of ether oxygens (including phenoxy) is 1. The molecule has 0 atom stereocenters. The third-order valence-corrected chi connectivity index (χ3v) is 2.63. The van der Waals surface area contributed by atoms with E-state index in [2.05, 4.69) is 16.5 Å². The fourth-order valence-electron chi connectivity index (χ4n) is 1.75. The Hall–Kier alpha value is -2.21. The van der Waals surface area contributed by atoms with Crippen molar-refractivity contribution < 1.29 is 9.53 Å². The third kappa shape index (κ3) is 3.42. The highest BCUT2D eigenvalue weighted by molar-refractivity contribution is 5.99. The predicted octanol–water partition coefficient (Wildman–Crippen LogP) is 1.36. The Morgan fingerprint density at radius 3 is 2.70 bits per heavy atom. The topological polar surface area (TPSA) is 81.3 Å². The summed E-state index contributed by atoms with van der Waals surface area (Å²) in [5, 5.41) is 1.21. The Morgan fingerprint density at radius 1 is 1.55 bits per heavy atom. The normalized spacial score (nSPS) is 11.7. The van der Waals surface area contributed by atoms with Crippen molar-refractivity contribution in [3.8, 4) is 0 Å². The van der Waals surface area contributed by atoms with Crippen LogP contribution in [0.25, 0.3) is 5.57 Å². The Kier molecular flexibility index (Phi) is 5.40. The van der Waals surface area contributed by atoms with E-state index in [0.29, 0.717) is 17.1 Å². The summed E-state index contributed by atoms with van der Waals surface area (Å²) in [4.78, 5) is 20.5. The van der Waals surface area contributed by atoms with Crippen LogP contribution < -0.4 is 5.84 Å². The second-order valence-corrected chi connectivity index (χ2v) is 4.25. The molecule has 0 unspecified atom stereocenters. The number of hydrogen-bond acceptors (Lipinski definition) is 6. The fourth-order valence-corrected chi connectivity index (χ4v) is 1.75. The zero-order chi connectivity index (χ0) is 15.3. The summed E-state index contributed by atoms with van der Waals surface area (Å²) in [6.07, 6.45) is 3.24. The van der Waals surface area contributed by atoms with Crippen molar-refractivity contribution in [1.29, 1.82) is 0 Å². The summed E-state index contributed by atoms with van der Waals surface area (Å²) in [7, 11) is 1.57. The van der Waals surface area contributed by atoms with Crippen molar-refractivity contribution in [3.63, 3.8) is 0 Å². The molecule has 6 heteroatoms. The molecule has 0 bridgehead atoms. The molecule has 2 N–H and O–H groups in total. The number of esters is 1. The number of likely N-dealkylation sites (N-methyl/N-ethyl adjacent to an activating group) is 1. The van der Waals surface area contributed by atoms with E-state index < -0.39 is 5.97 Å². The first-order chi connectivity index (χ1) is 9.42. The van der Waals surface area contributed by atoms with Crippen LogP contribution in [0, 0.1) is 13.8 Å². The molecule has 1 heterocycles. The standard InChI is InChI=1S/C14H20N4O2/c1-6-11(12-9(3)8-16-10(4)17-12)13(18(5)15)14(19)20-7-2/h6,8H,1,7,15H2,2-5H3/b13-11+. The first kappa shape index (κ1) is 15.8. The highest BCUT2D eigenvalue weighted by Crippen LogP contribution is 2.22. The van der Waals surface area contributed by atoms with Gasteiger partial charge in [0.2, 0.25) is 0 Å². The molecular formula is C14H20N4O2. The van der Waals surface area contributed by atoms with Crippen molar-refractivity contribution in [2.75, 3.05) is 13.7 Å². The van der Waals surface area contributed by atoms with Gasteiger partial charge in [0.25, 0.3) is 0 Å². The zero-order valence-corrected chi connectivity index (χ0v) is 12.3. The smallest absolute Gasteiger partial charge is 0.356 e. The molecule has 20 heavy (non-hydrogen) atoms. The molecule has 108 valence electrons. The Labute approximate surface area is 118 Å². The van der Waals surface area contributed by atoms with Crippen LogP contribution in [-0.4, -0.2) is 34.6 Å². The predicted molar refractivity (Wildman–Crippen MR) is 77.2 cm³/mol. The van der Waals surface area contributed by atoms with Gasteiger partial charge in [-0.2, -0.15) is 0 Å². The van der Waals surface area contributed by atoms with Gasteiger partial charge in [-0.15, -0.1) is 0 Å². The average molecular weight is 276 g/mol. The lowest BCUT2D eigenvalue weighted by Crippen LogP contribution is -2.32. The number of nitrogens with two attached hydrogens (primary N) is 1. The number of allylic oxidation sites excluding steroid dienone is 2. The Balaban J connectivity index is 3.51. The summed E-state index contributed by atoms with van der Waals surface area (Å²) >= 11 is 0. The minimum Gasteiger partial charge on any atom is -0.461 e. The maximum atomic E-state index is 12.1. The number of hydrogen-bond donors (Lipinski definition) is 1. The number of carbonyl (C=O) groups excluding carboxylic acids is 1. The van der Waals surface area contributed by atoms with E-state index in [1.807, 2.05) is 6.92 Å². The molecule has 0 saturated carbocycles. The van der Waals surface area contributed by atoms with Crippen LogP contribution in [0.15, 0.2) is 24.5 Å². The first-order valence-electron chi connectivity index (χ1n) is 6.25. The van der Waals surface area contributed by atoms with Crippen molar-refractivity contribution in [1.82, 2.24) is 15.0 Å². The van der Waals surface area contributed by atoms with E-state index >= 15 is 0 Å². The molecule has 0 radical (unpaired) electrons. The molecule has 0 aliphatic carbocycles. The molecule has 0 aromatic carbocycles. The van der Waals surface area contributed by atoms with Gasteiger partial charge in [-0.05, 0) is 26.3 Å². The number of nitrogens with zero attached hydrogens (tertiary/aromatic N) is 3. The largest absolute Gasteiger partial charge is 0.461 e. The molecule has 0 fully saturated rings. The average Bonchev–Trinajstić information content (AvgIpc) is 2.38. The summed E-state index contributed by atoms with van der Waals surface area (Å²) in [5.74, 6) is 5.85. The Bertz CT molecular complexity index is 550. The summed E-state index contributed by atoms with van der Waals surface area (Å²) < 4.78 is 5.03. The third-order valence-electron chi connectivity index (χ3n) is 2.63. The number of aryl methyl sites for hydroxylation is 2. The molecule has 0 saturated heterocycles. The van der Waals surface area contributed by atoms with Gasteiger partial charge < -0.3 is 9.75 Å². The number of hydrazine groups is 1. The highest BCUT2D eigenvalue weighted by Gasteiger charge is 2.21. The molecule has 1 rings (SSSR count). The van der Waals surface area contributed by atoms with Gasteiger partial charge in [0.1, 0.15) is 11.5 Å². The minimum atomic E-state index is -0.511. The van der Waals surface area contributed by atoms with Gasteiger partial charge >= 0.3 is 5.97 Å². The van der Waals surface area contributed by atoms with E-state index in [1.54, 1.807) is 33.2 Å². The van der Waals surface area contributed by atoms with Crippen LogP contribution in [0.1, 0.15) is 24.0 Å². The van der Waals surface area contributed by atoms with Gasteiger partial charge in [-0.3, -0.25) is 0 Å². The van der Waals surface area contributed by atoms with Crippen LogP contribution in [0.2, 0.25) is 0 Å². The second kappa shape index (κ2) is 6.81. The lowest BCUT2D eigenvalue weighted by molar-refractivity contribution is -0.140. The van der Waals surface area contributed by atoms with Crippen molar-refractivity contribution >= 4 is 11.5 Å². The van der Waals surface area contributed by atoms with Gasteiger partial charge in [-0.1, -0.05) is 12.7 Å². The molecule has 0 aliphatic heterocycles. The minimum absolute atomic E-state index is 0.211. The van der Waals surface area contributed by atoms with E-state index in [0.717, 1.165) is 5.56 Å². The maximum Gasteiger partial charge on any atom is 0.356 e. The molecule has 0 spiro atoms. The fraction of sp³-hybridized carbons (Fsp3) is 0.357. The molecule has 6 nitrogen and oxygen atoms in total. The summed E-state index contributed by atoms with van der Waals surface area (Å²) in [6, 6.07) is 0. The van der Waals surface area contributed by atoms with Gasteiger partial charge in [0, 0.05) is 18.8 Å². The maximum absolute atomic E-state index is 12.1. The van der Waals surface area contributed by atoms with Crippen LogP contribution >= 0.6 is 0 Å². The van der Waals surface area contributed by atoms with E-state index in [-0.39, 0.29) is 12.3 Å². The highest BCUT2D eigenvalue weighted by atomic mass is 16.5. The van der Waals surface area contributed by atoms with Gasteiger partial charge in [0.05, 0.1) is 12.3 Å². The van der Waals surface area contributed by atoms with Crippen molar-refractivity contribution in [2.45, 2.75) is 20.8 Å². The molecule has 1 aromatic heterocycles. The van der Waals surface area contributed by atoms with Crippen LogP contribution in [0.5, 0.6) is 0 Å².